The van der Waals surface area contributed by atoms with Gasteiger partial charge in [0.25, 0.3) is 5.69 Å². The van der Waals surface area contributed by atoms with Crippen LogP contribution in [0.2, 0.25) is 0 Å². The largest absolute Gasteiger partial charge is 0.317 e. The first-order chi connectivity index (χ1) is 11.3. The maximum absolute atomic E-state index is 11.1. The second-order valence-corrected chi connectivity index (χ2v) is 7.79. The molecular weight excluding hydrogens is 322 g/mol. The number of nitro benzene ring substituents is 1. The Kier molecular flexibility index (Phi) is 5.94. The van der Waals surface area contributed by atoms with E-state index in [9.17, 15) is 10.1 Å². The summed E-state index contributed by atoms with van der Waals surface area (Å²) in [5.41, 5.74) is 3.08. The van der Waals surface area contributed by atoms with Crippen LogP contribution in [0.4, 0.5) is 16.5 Å². The van der Waals surface area contributed by atoms with Crippen molar-refractivity contribution in [2.45, 2.75) is 41.0 Å². The van der Waals surface area contributed by atoms with Crippen LogP contribution in [0.5, 0.6) is 0 Å². The molecular formula is C18H25N3O2S. The van der Waals surface area contributed by atoms with Gasteiger partial charge < -0.3 is 4.90 Å². The van der Waals surface area contributed by atoms with E-state index < -0.39 is 0 Å². The van der Waals surface area contributed by atoms with Crippen molar-refractivity contribution in [1.29, 1.82) is 0 Å². The maximum atomic E-state index is 11.1. The van der Waals surface area contributed by atoms with E-state index in [0.717, 1.165) is 35.0 Å². The van der Waals surface area contributed by atoms with Gasteiger partial charge in [-0.3, -0.25) is 10.1 Å². The van der Waals surface area contributed by atoms with E-state index in [4.69, 9.17) is 4.98 Å². The number of benzene rings is 1. The van der Waals surface area contributed by atoms with Crippen LogP contribution in [-0.2, 0) is 6.42 Å². The summed E-state index contributed by atoms with van der Waals surface area (Å²) >= 11 is 1.60. The molecule has 2 aromatic rings. The van der Waals surface area contributed by atoms with Crippen LogP contribution in [0.15, 0.2) is 23.6 Å². The predicted octanol–water partition coefficient (Wildman–Crippen LogP) is 5.35. The summed E-state index contributed by atoms with van der Waals surface area (Å²) in [5, 5.41) is 14.1. The van der Waals surface area contributed by atoms with Gasteiger partial charge in [0.1, 0.15) is 0 Å². The first-order valence-corrected chi connectivity index (χ1v) is 9.13. The zero-order chi connectivity index (χ0) is 17.9. The van der Waals surface area contributed by atoms with Gasteiger partial charge in [-0.05, 0) is 30.7 Å². The van der Waals surface area contributed by atoms with E-state index in [1.54, 1.807) is 23.5 Å². The minimum atomic E-state index is -0.345. The maximum Gasteiger partial charge on any atom is 0.271 e. The number of anilines is 2. The van der Waals surface area contributed by atoms with Gasteiger partial charge in [0.15, 0.2) is 5.13 Å². The molecule has 0 atom stereocenters. The quantitative estimate of drug-likeness (QED) is 0.500. The highest BCUT2D eigenvalue weighted by molar-refractivity contribution is 7.13. The summed E-state index contributed by atoms with van der Waals surface area (Å²) in [4.78, 5) is 17.7. The molecule has 0 spiro atoms. The van der Waals surface area contributed by atoms with Crippen LogP contribution in [0.1, 0.15) is 39.0 Å². The Hall–Kier alpha value is -1.95. The Balaban J connectivity index is 2.43. The van der Waals surface area contributed by atoms with E-state index in [-0.39, 0.29) is 10.6 Å². The molecule has 0 saturated heterocycles. The van der Waals surface area contributed by atoms with Crippen molar-refractivity contribution >= 4 is 27.8 Å². The van der Waals surface area contributed by atoms with E-state index in [1.807, 2.05) is 13.0 Å². The zero-order valence-corrected chi connectivity index (χ0v) is 15.8. The van der Waals surface area contributed by atoms with Crippen molar-refractivity contribution in [2.75, 3.05) is 11.4 Å². The zero-order valence-electron chi connectivity index (χ0n) is 14.9. The summed E-state index contributed by atoms with van der Waals surface area (Å²) in [7, 11) is 0. The van der Waals surface area contributed by atoms with Crippen molar-refractivity contribution in [3.05, 3.63) is 45.0 Å². The van der Waals surface area contributed by atoms with Gasteiger partial charge in [0.05, 0.1) is 16.3 Å². The number of rotatable bonds is 7. The monoisotopic (exact) mass is 347 g/mol. The molecule has 130 valence electrons. The van der Waals surface area contributed by atoms with Crippen molar-refractivity contribution in [2.24, 2.45) is 11.8 Å². The standard InChI is InChI=1S/C18H25N3O2S/c1-12(2)8-15-11-24-18(19-15)20(10-13(3)4)17-9-16(21(22)23)7-6-14(17)5/h6-7,9,11-13H,8,10H2,1-5H3. The summed E-state index contributed by atoms with van der Waals surface area (Å²) < 4.78 is 0. The first-order valence-electron chi connectivity index (χ1n) is 8.25. The topological polar surface area (TPSA) is 59.3 Å². The van der Waals surface area contributed by atoms with Gasteiger partial charge in [-0.15, -0.1) is 11.3 Å². The fourth-order valence-electron chi connectivity index (χ4n) is 2.58. The molecule has 1 heterocycles. The minimum absolute atomic E-state index is 0.114. The summed E-state index contributed by atoms with van der Waals surface area (Å²) in [6.07, 6.45) is 0.944. The lowest BCUT2D eigenvalue weighted by Crippen LogP contribution is -2.23. The molecule has 0 bridgehead atoms. The number of aromatic nitrogens is 1. The third-order valence-corrected chi connectivity index (χ3v) is 4.54. The number of hydrogen-bond acceptors (Lipinski definition) is 5. The summed E-state index contributed by atoms with van der Waals surface area (Å²) in [6, 6.07) is 5.02. The average Bonchev–Trinajstić information content (AvgIpc) is 2.92. The fraction of sp³-hybridized carbons (Fsp3) is 0.500. The molecule has 1 aromatic heterocycles. The molecule has 0 fully saturated rings. The Labute approximate surface area is 147 Å². The Morgan fingerprint density at radius 2 is 1.96 bits per heavy atom. The Bertz CT molecular complexity index is 710. The molecule has 0 saturated carbocycles. The molecule has 0 N–H and O–H groups in total. The molecule has 6 heteroatoms. The molecule has 0 amide bonds. The van der Waals surface area contributed by atoms with Crippen LogP contribution in [-0.4, -0.2) is 16.5 Å². The normalized spacial score (nSPS) is 11.3. The SMILES string of the molecule is Cc1ccc([N+](=O)[O-])cc1N(CC(C)C)c1nc(CC(C)C)cs1. The summed E-state index contributed by atoms with van der Waals surface area (Å²) in [5.74, 6) is 0.971. The highest BCUT2D eigenvalue weighted by Gasteiger charge is 2.20. The Morgan fingerprint density at radius 3 is 2.54 bits per heavy atom. The van der Waals surface area contributed by atoms with Crippen molar-refractivity contribution in [3.8, 4) is 0 Å². The third-order valence-electron chi connectivity index (χ3n) is 3.63. The van der Waals surface area contributed by atoms with E-state index in [2.05, 4.69) is 38.0 Å². The van der Waals surface area contributed by atoms with Gasteiger partial charge in [-0.25, -0.2) is 4.98 Å². The molecule has 5 nitrogen and oxygen atoms in total. The second-order valence-electron chi connectivity index (χ2n) is 6.95. The Morgan fingerprint density at radius 1 is 1.25 bits per heavy atom. The van der Waals surface area contributed by atoms with Crippen molar-refractivity contribution < 1.29 is 4.92 Å². The lowest BCUT2D eigenvalue weighted by molar-refractivity contribution is -0.384. The molecule has 24 heavy (non-hydrogen) atoms. The van der Waals surface area contributed by atoms with Crippen molar-refractivity contribution in [1.82, 2.24) is 4.98 Å². The number of thiazole rings is 1. The number of nitrogens with zero attached hydrogens (tertiary/aromatic N) is 3. The van der Waals surface area contributed by atoms with Crippen LogP contribution in [0.3, 0.4) is 0 Å². The van der Waals surface area contributed by atoms with Crippen LogP contribution in [0, 0.1) is 28.9 Å². The number of hydrogen-bond donors (Lipinski definition) is 0. The van der Waals surface area contributed by atoms with E-state index in [0.29, 0.717) is 11.8 Å². The van der Waals surface area contributed by atoms with E-state index in [1.165, 1.54) is 0 Å². The van der Waals surface area contributed by atoms with E-state index >= 15 is 0 Å². The highest BCUT2D eigenvalue weighted by Crippen LogP contribution is 2.34. The number of non-ortho nitro benzene ring substituents is 1. The van der Waals surface area contributed by atoms with Gasteiger partial charge in [-0.1, -0.05) is 33.8 Å². The molecule has 0 unspecified atom stereocenters. The van der Waals surface area contributed by atoms with Gasteiger partial charge in [0.2, 0.25) is 0 Å². The third kappa shape index (κ3) is 4.54. The number of aryl methyl sites for hydroxylation is 1. The van der Waals surface area contributed by atoms with Gasteiger partial charge in [-0.2, -0.15) is 0 Å². The molecule has 0 aliphatic rings. The predicted molar refractivity (Wildman–Crippen MR) is 100 cm³/mol. The first kappa shape index (κ1) is 18.4. The average molecular weight is 347 g/mol. The van der Waals surface area contributed by atoms with Gasteiger partial charge >= 0.3 is 0 Å². The highest BCUT2D eigenvalue weighted by atomic mass is 32.1. The fourth-order valence-corrected chi connectivity index (χ4v) is 3.44. The smallest absolute Gasteiger partial charge is 0.271 e. The van der Waals surface area contributed by atoms with Crippen LogP contribution >= 0.6 is 11.3 Å². The van der Waals surface area contributed by atoms with Crippen molar-refractivity contribution in [3.63, 3.8) is 0 Å². The molecule has 0 radical (unpaired) electrons. The van der Waals surface area contributed by atoms with Gasteiger partial charge in [0, 0.05) is 24.1 Å². The summed E-state index contributed by atoms with van der Waals surface area (Å²) in [6.45, 7) is 11.4. The molecule has 0 aliphatic carbocycles. The minimum Gasteiger partial charge on any atom is -0.317 e. The second kappa shape index (κ2) is 7.75. The van der Waals surface area contributed by atoms with Crippen LogP contribution in [0.25, 0.3) is 0 Å². The lowest BCUT2D eigenvalue weighted by atomic mass is 10.1. The lowest BCUT2D eigenvalue weighted by Gasteiger charge is -2.25. The molecule has 1 aromatic carbocycles. The number of nitro groups is 1. The molecule has 2 rings (SSSR count). The van der Waals surface area contributed by atoms with Crippen LogP contribution < -0.4 is 4.90 Å². The molecule has 0 aliphatic heterocycles.